The van der Waals surface area contributed by atoms with Gasteiger partial charge in [-0.1, -0.05) is 24.5 Å². The summed E-state index contributed by atoms with van der Waals surface area (Å²) in [7, 11) is 1.39. The van der Waals surface area contributed by atoms with Crippen molar-refractivity contribution in [2.75, 3.05) is 7.11 Å². The summed E-state index contributed by atoms with van der Waals surface area (Å²) in [5.41, 5.74) is 1.26. The molecule has 0 heterocycles. The summed E-state index contributed by atoms with van der Waals surface area (Å²) in [6.45, 7) is 5.94. The Kier molecular flexibility index (Phi) is 8.84. The van der Waals surface area contributed by atoms with E-state index in [9.17, 15) is 4.79 Å². The lowest BCUT2D eigenvalue weighted by atomic mass is 10.1. The highest BCUT2D eigenvalue weighted by Crippen LogP contribution is 2.09. The van der Waals surface area contributed by atoms with Crippen LogP contribution in [0.25, 0.3) is 0 Å². The molecular formula is C13H22O2. The lowest BCUT2D eigenvalue weighted by Crippen LogP contribution is -1.93. The molecule has 0 atom stereocenters. The maximum absolute atomic E-state index is 10.7. The lowest BCUT2D eigenvalue weighted by Gasteiger charge is -1.99. The summed E-state index contributed by atoms with van der Waals surface area (Å²) >= 11 is 0. The van der Waals surface area contributed by atoms with E-state index in [1.165, 1.54) is 38.0 Å². The van der Waals surface area contributed by atoms with Crippen LogP contribution in [-0.4, -0.2) is 13.1 Å². The van der Waals surface area contributed by atoms with Crippen molar-refractivity contribution in [3.63, 3.8) is 0 Å². The molecule has 0 aromatic carbocycles. The average Bonchev–Trinajstić information content (AvgIpc) is 2.21. The van der Waals surface area contributed by atoms with E-state index in [1.54, 1.807) is 0 Å². The second-order valence-electron chi connectivity index (χ2n) is 3.84. The zero-order valence-electron chi connectivity index (χ0n) is 9.92. The Labute approximate surface area is 93.0 Å². The van der Waals surface area contributed by atoms with Crippen molar-refractivity contribution in [1.82, 2.24) is 0 Å². The van der Waals surface area contributed by atoms with Gasteiger partial charge in [0.25, 0.3) is 0 Å². The van der Waals surface area contributed by atoms with Crippen LogP contribution in [0.2, 0.25) is 0 Å². The molecule has 0 radical (unpaired) electrons. The van der Waals surface area contributed by atoms with Gasteiger partial charge in [-0.15, -0.1) is 6.58 Å². The molecule has 0 aromatic heterocycles. The van der Waals surface area contributed by atoms with Crippen LogP contribution >= 0.6 is 0 Å². The third-order valence-electron chi connectivity index (χ3n) is 2.18. The standard InChI is InChI=1S/C13H22O2/c1-12(2)10-8-6-4-5-7-9-11-13(14)15-3/h9,11H,1,4-8,10H2,2-3H3/b11-9+. The van der Waals surface area contributed by atoms with Crippen molar-refractivity contribution in [2.45, 2.75) is 45.4 Å². The first-order chi connectivity index (χ1) is 7.16. The number of hydrogen-bond acceptors (Lipinski definition) is 2. The number of hydrogen-bond donors (Lipinski definition) is 0. The van der Waals surface area contributed by atoms with E-state index in [2.05, 4.69) is 18.2 Å². The third kappa shape index (κ3) is 10.9. The molecular weight excluding hydrogens is 188 g/mol. The summed E-state index contributed by atoms with van der Waals surface area (Å²) in [4.78, 5) is 10.7. The van der Waals surface area contributed by atoms with Gasteiger partial charge < -0.3 is 4.74 Å². The van der Waals surface area contributed by atoms with Crippen LogP contribution in [0.5, 0.6) is 0 Å². The highest BCUT2D eigenvalue weighted by atomic mass is 16.5. The minimum Gasteiger partial charge on any atom is -0.466 e. The SMILES string of the molecule is C=C(C)CCCCCC/C=C/C(=O)OC. The van der Waals surface area contributed by atoms with Gasteiger partial charge in [0.15, 0.2) is 0 Å². The van der Waals surface area contributed by atoms with E-state index in [0.717, 1.165) is 19.3 Å². The molecule has 0 aliphatic rings. The van der Waals surface area contributed by atoms with Crippen LogP contribution in [0, 0.1) is 0 Å². The van der Waals surface area contributed by atoms with Crippen molar-refractivity contribution in [3.8, 4) is 0 Å². The van der Waals surface area contributed by atoms with Crippen molar-refractivity contribution in [1.29, 1.82) is 0 Å². The molecule has 15 heavy (non-hydrogen) atoms. The minimum atomic E-state index is -0.266. The highest BCUT2D eigenvalue weighted by molar-refractivity contribution is 5.81. The topological polar surface area (TPSA) is 26.3 Å². The van der Waals surface area contributed by atoms with Crippen LogP contribution in [0.15, 0.2) is 24.3 Å². The largest absolute Gasteiger partial charge is 0.466 e. The molecule has 0 amide bonds. The quantitative estimate of drug-likeness (QED) is 0.265. The van der Waals surface area contributed by atoms with Crippen molar-refractivity contribution in [2.24, 2.45) is 0 Å². The summed E-state index contributed by atoms with van der Waals surface area (Å²) in [6.07, 6.45) is 10.3. The number of unbranched alkanes of at least 4 members (excludes halogenated alkanes) is 4. The van der Waals surface area contributed by atoms with Gasteiger partial charge in [0.2, 0.25) is 0 Å². The normalized spacial score (nSPS) is 10.5. The number of rotatable bonds is 8. The maximum Gasteiger partial charge on any atom is 0.330 e. The molecule has 0 aromatic rings. The molecule has 2 heteroatoms. The van der Waals surface area contributed by atoms with Gasteiger partial charge in [-0.25, -0.2) is 4.79 Å². The fourth-order valence-corrected chi connectivity index (χ4v) is 1.29. The van der Waals surface area contributed by atoms with Crippen LogP contribution in [-0.2, 0) is 9.53 Å². The molecule has 0 aliphatic carbocycles. The van der Waals surface area contributed by atoms with Gasteiger partial charge >= 0.3 is 5.97 Å². The van der Waals surface area contributed by atoms with Crippen molar-refractivity contribution in [3.05, 3.63) is 24.3 Å². The summed E-state index contributed by atoms with van der Waals surface area (Å²) in [5.74, 6) is -0.266. The van der Waals surface area contributed by atoms with E-state index in [4.69, 9.17) is 0 Å². The average molecular weight is 210 g/mol. The Bertz CT molecular complexity index is 217. The van der Waals surface area contributed by atoms with Crippen LogP contribution in [0.4, 0.5) is 0 Å². The smallest absolute Gasteiger partial charge is 0.330 e. The Morgan fingerprint density at radius 2 is 1.93 bits per heavy atom. The van der Waals surface area contributed by atoms with Crippen LogP contribution in [0.3, 0.4) is 0 Å². The molecule has 0 unspecified atom stereocenters. The van der Waals surface area contributed by atoms with E-state index < -0.39 is 0 Å². The maximum atomic E-state index is 10.7. The predicted octanol–water partition coefficient (Wildman–Crippen LogP) is 3.63. The molecule has 0 bridgehead atoms. The number of allylic oxidation sites excluding steroid dienone is 2. The molecule has 86 valence electrons. The summed E-state index contributed by atoms with van der Waals surface area (Å²) in [6, 6.07) is 0. The predicted molar refractivity (Wildman–Crippen MR) is 63.7 cm³/mol. The number of esters is 1. The molecule has 0 aliphatic heterocycles. The van der Waals surface area contributed by atoms with Crippen molar-refractivity contribution >= 4 is 5.97 Å². The summed E-state index contributed by atoms with van der Waals surface area (Å²) in [5, 5.41) is 0. The highest BCUT2D eigenvalue weighted by Gasteiger charge is 1.91. The molecule has 0 spiro atoms. The van der Waals surface area contributed by atoms with E-state index in [-0.39, 0.29) is 5.97 Å². The number of carbonyl (C=O) groups is 1. The van der Waals surface area contributed by atoms with E-state index in [1.807, 2.05) is 6.08 Å². The Balaban J connectivity index is 3.21. The van der Waals surface area contributed by atoms with Gasteiger partial charge in [-0.05, 0) is 32.6 Å². The second-order valence-corrected chi connectivity index (χ2v) is 3.84. The zero-order chi connectivity index (χ0) is 11.5. The Morgan fingerprint density at radius 3 is 2.53 bits per heavy atom. The van der Waals surface area contributed by atoms with Gasteiger partial charge in [0, 0.05) is 6.08 Å². The fraction of sp³-hybridized carbons (Fsp3) is 0.615. The number of ether oxygens (including phenoxy) is 1. The molecule has 2 nitrogen and oxygen atoms in total. The zero-order valence-corrected chi connectivity index (χ0v) is 9.92. The monoisotopic (exact) mass is 210 g/mol. The van der Waals surface area contributed by atoms with E-state index in [0.29, 0.717) is 0 Å². The number of carbonyl (C=O) groups excluding carboxylic acids is 1. The Hall–Kier alpha value is -1.05. The first-order valence-electron chi connectivity index (χ1n) is 5.55. The van der Waals surface area contributed by atoms with Gasteiger partial charge in [-0.3, -0.25) is 0 Å². The third-order valence-corrected chi connectivity index (χ3v) is 2.18. The van der Waals surface area contributed by atoms with E-state index >= 15 is 0 Å². The molecule has 0 saturated carbocycles. The van der Waals surface area contributed by atoms with Gasteiger partial charge in [0.05, 0.1) is 7.11 Å². The van der Waals surface area contributed by atoms with Crippen molar-refractivity contribution < 1.29 is 9.53 Å². The lowest BCUT2D eigenvalue weighted by molar-refractivity contribution is -0.134. The van der Waals surface area contributed by atoms with Crippen LogP contribution in [0.1, 0.15) is 45.4 Å². The molecule has 0 N–H and O–H groups in total. The first-order valence-corrected chi connectivity index (χ1v) is 5.55. The fourth-order valence-electron chi connectivity index (χ4n) is 1.29. The Morgan fingerprint density at radius 1 is 1.27 bits per heavy atom. The van der Waals surface area contributed by atoms with Crippen LogP contribution < -0.4 is 0 Å². The molecule has 0 saturated heterocycles. The molecule has 0 fully saturated rings. The molecule has 0 rings (SSSR count). The number of methoxy groups -OCH3 is 1. The summed E-state index contributed by atoms with van der Waals surface area (Å²) < 4.78 is 4.49. The van der Waals surface area contributed by atoms with Gasteiger partial charge in [-0.2, -0.15) is 0 Å². The first kappa shape index (κ1) is 13.9. The minimum absolute atomic E-state index is 0.266. The van der Waals surface area contributed by atoms with Gasteiger partial charge in [0.1, 0.15) is 0 Å². The second kappa shape index (κ2) is 9.50.